The molecule has 1 saturated heterocycles. The third-order valence-corrected chi connectivity index (χ3v) is 6.25. The summed E-state index contributed by atoms with van der Waals surface area (Å²) in [6.45, 7) is 3.19. The number of carbonyl (C=O) groups is 1. The molecule has 3 aromatic rings. The lowest BCUT2D eigenvalue weighted by Crippen LogP contribution is -2.36. The van der Waals surface area contributed by atoms with Crippen molar-refractivity contribution in [2.75, 3.05) is 25.0 Å². The van der Waals surface area contributed by atoms with Crippen LogP contribution in [0.2, 0.25) is 0 Å². The van der Waals surface area contributed by atoms with Gasteiger partial charge < -0.3 is 10.4 Å². The maximum absolute atomic E-state index is 13.0. The summed E-state index contributed by atoms with van der Waals surface area (Å²) < 4.78 is 0. The Labute approximate surface area is 176 Å². The molecule has 1 aliphatic heterocycles. The summed E-state index contributed by atoms with van der Waals surface area (Å²) in [5.41, 5.74) is 4.85. The number of carbonyl (C=O) groups excluding carboxylic acids is 1. The number of hydrogen-bond donors (Lipinski definition) is 2. The van der Waals surface area contributed by atoms with Crippen LogP contribution in [0, 0.1) is 5.92 Å². The standard InChI is InChI=1S/C26H26N2O2/c29-17-19-4-3-13-28(16-19)15-18-9-11-22(12-10-18)27-26(30)24-14-21-7-1-5-20-6-2-8-23(24)25(20)21/h1-2,5-12,14,19,29H,3-4,13,15-17H2,(H,27,30). The predicted octanol–water partition coefficient (Wildman–Crippen LogP) is 4.54. The molecule has 3 aromatic carbocycles. The van der Waals surface area contributed by atoms with E-state index in [1.807, 2.05) is 36.4 Å². The molecule has 2 N–H and O–H groups in total. The molecule has 152 valence electrons. The van der Waals surface area contributed by atoms with E-state index in [1.54, 1.807) is 0 Å². The fraction of sp³-hybridized carbons (Fsp3) is 0.269. The Morgan fingerprint density at radius 2 is 1.87 bits per heavy atom. The number of hydrogen-bond acceptors (Lipinski definition) is 3. The summed E-state index contributed by atoms with van der Waals surface area (Å²) in [4.78, 5) is 15.4. The topological polar surface area (TPSA) is 52.6 Å². The molecule has 0 radical (unpaired) electrons. The van der Waals surface area contributed by atoms with Gasteiger partial charge in [-0.3, -0.25) is 9.69 Å². The van der Waals surface area contributed by atoms with Crippen molar-refractivity contribution in [3.63, 3.8) is 0 Å². The quantitative estimate of drug-likeness (QED) is 0.664. The van der Waals surface area contributed by atoms with Crippen molar-refractivity contribution in [2.45, 2.75) is 19.4 Å². The van der Waals surface area contributed by atoms with Gasteiger partial charge in [-0.1, -0.05) is 48.5 Å². The molecule has 1 atom stereocenters. The van der Waals surface area contributed by atoms with Crippen molar-refractivity contribution >= 4 is 34.0 Å². The van der Waals surface area contributed by atoms with Gasteiger partial charge in [0.1, 0.15) is 0 Å². The van der Waals surface area contributed by atoms with Gasteiger partial charge in [0.15, 0.2) is 0 Å². The Balaban J connectivity index is 1.27. The summed E-state index contributed by atoms with van der Waals surface area (Å²) in [6.07, 6.45) is 4.24. The average molecular weight is 399 g/mol. The van der Waals surface area contributed by atoms with Crippen molar-refractivity contribution in [1.29, 1.82) is 0 Å². The molecule has 5 rings (SSSR count). The number of anilines is 1. The molecule has 0 spiro atoms. The van der Waals surface area contributed by atoms with Gasteiger partial charge in [-0.25, -0.2) is 0 Å². The largest absolute Gasteiger partial charge is 0.396 e. The average Bonchev–Trinajstić information content (AvgIpc) is 3.16. The first-order valence-corrected chi connectivity index (χ1v) is 10.7. The Hall–Kier alpha value is -2.95. The maximum Gasteiger partial charge on any atom is 0.256 e. The van der Waals surface area contributed by atoms with Gasteiger partial charge >= 0.3 is 0 Å². The number of nitrogens with one attached hydrogen (secondary N) is 1. The third-order valence-electron chi connectivity index (χ3n) is 6.25. The Bertz CT molecular complexity index is 1110. The van der Waals surface area contributed by atoms with Crippen LogP contribution in [0.15, 0.2) is 60.7 Å². The number of nitrogens with zero attached hydrogens (tertiary/aromatic N) is 1. The Morgan fingerprint density at radius 3 is 2.67 bits per heavy atom. The number of amides is 1. The van der Waals surface area contributed by atoms with Gasteiger partial charge in [-0.15, -0.1) is 0 Å². The number of aliphatic hydroxyl groups is 1. The van der Waals surface area contributed by atoms with E-state index in [4.69, 9.17) is 0 Å². The lowest BCUT2D eigenvalue weighted by Gasteiger charge is -2.31. The number of aliphatic hydroxyl groups excluding tert-OH is 1. The van der Waals surface area contributed by atoms with Crippen molar-refractivity contribution in [3.05, 3.63) is 77.4 Å². The van der Waals surface area contributed by atoms with Crippen LogP contribution < -0.4 is 5.32 Å². The summed E-state index contributed by atoms with van der Waals surface area (Å²) in [6, 6.07) is 20.4. The molecule has 1 amide bonds. The number of piperidine rings is 1. The first-order chi connectivity index (χ1) is 14.7. The van der Waals surface area contributed by atoms with Gasteiger partial charge in [-0.2, -0.15) is 0 Å². The van der Waals surface area contributed by atoms with E-state index < -0.39 is 0 Å². The third kappa shape index (κ3) is 3.64. The highest BCUT2D eigenvalue weighted by atomic mass is 16.3. The van der Waals surface area contributed by atoms with Crippen LogP contribution in [0.25, 0.3) is 22.4 Å². The molecule has 1 heterocycles. The molecule has 0 aromatic heterocycles. The van der Waals surface area contributed by atoms with E-state index >= 15 is 0 Å². The fourth-order valence-corrected chi connectivity index (χ4v) is 4.73. The molecule has 0 saturated carbocycles. The first kappa shape index (κ1) is 19.0. The van der Waals surface area contributed by atoms with E-state index in [0.717, 1.165) is 60.1 Å². The van der Waals surface area contributed by atoms with Crippen LogP contribution in [-0.2, 0) is 11.3 Å². The minimum Gasteiger partial charge on any atom is -0.396 e. The second kappa shape index (κ2) is 8.05. The first-order valence-electron chi connectivity index (χ1n) is 10.7. The molecule has 1 unspecified atom stereocenters. The summed E-state index contributed by atoms with van der Waals surface area (Å²) in [7, 11) is 0. The summed E-state index contributed by atoms with van der Waals surface area (Å²) in [5, 5.41) is 14.8. The second-order valence-electron chi connectivity index (χ2n) is 8.39. The second-order valence-corrected chi connectivity index (χ2v) is 8.39. The minimum absolute atomic E-state index is 0.0757. The number of rotatable bonds is 5. The van der Waals surface area contributed by atoms with Crippen LogP contribution in [0.3, 0.4) is 0 Å². The zero-order valence-electron chi connectivity index (χ0n) is 17.0. The van der Waals surface area contributed by atoms with Gasteiger partial charge in [0, 0.05) is 31.0 Å². The normalized spacial score (nSPS) is 18.4. The van der Waals surface area contributed by atoms with E-state index in [9.17, 15) is 9.90 Å². The number of likely N-dealkylation sites (tertiary alicyclic amines) is 1. The summed E-state index contributed by atoms with van der Waals surface area (Å²) >= 11 is 0. The molecule has 0 bridgehead atoms. The van der Waals surface area contributed by atoms with Crippen molar-refractivity contribution in [3.8, 4) is 0 Å². The van der Waals surface area contributed by atoms with Crippen LogP contribution in [-0.4, -0.2) is 35.6 Å². The van der Waals surface area contributed by atoms with Gasteiger partial charge in [0.25, 0.3) is 5.91 Å². The Morgan fingerprint density at radius 1 is 1.07 bits per heavy atom. The van der Waals surface area contributed by atoms with E-state index in [-0.39, 0.29) is 12.5 Å². The van der Waals surface area contributed by atoms with E-state index in [1.165, 1.54) is 5.56 Å². The molecule has 1 aliphatic carbocycles. The lowest BCUT2D eigenvalue weighted by molar-refractivity contribution is -0.111. The zero-order valence-corrected chi connectivity index (χ0v) is 17.0. The van der Waals surface area contributed by atoms with Crippen molar-refractivity contribution in [1.82, 2.24) is 4.90 Å². The highest BCUT2D eigenvalue weighted by Gasteiger charge is 2.22. The molecular formula is C26H26N2O2. The number of benzene rings is 3. The maximum atomic E-state index is 13.0. The highest BCUT2D eigenvalue weighted by molar-refractivity contribution is 6.34. The molecule has 30 heavy (non-hydrogen) atoms. The van der Waals surface area contributed by atoms with Crippen molar-refractivity contribution in [2.24, 2.45) is 5.92 Å². The van der Waals surface area contributed by atoms with Crippen LogP contribution >= 0.6 is 0 Å². The van der Waals surface area contributed by atoms with Crippen LogP contribution in [0.1, 0.15) is 29.5 Å². The highest BCUT2D eigenvalue weighted by Crippen LogP contribution is 2.36. The van der Waals surface area contributed by atoms with Crippen molar-refractivity contribution < 1.29 is 9.90 Å². The van der Waals surface area contributed by atoms with Crippen LogP contribution in [0.4, 0.5) is 5.69 Å². The summed E-state index contributed by atoms with van der Waals surface area (Å²) in [5.74, 6) is 0.318. The monoisotopic (exact) mass is 398 g/mol. The van der Waals surface area contributed by atoms with Gasteiger partial charge in [-0.05, 0) is 71.0 Å². The van der Waals surface area contributed by atoms with E-state index in [0.29, 0.717) is 11.5 Å². The molecule has 4 nitrogen and oxygen atoms in total. The predicted molar refractivity (Wildman–Crippen MR) is 122 cm³/mol. The lowest BCUT2D eigenvalue weighted by atomic mass is 9.98. The zero-order chi connectivity index (χ0) is 20.5. The Kier molecular flexibility index (Phi) is 5.11. The van der Waals surface area contributed by atoms with Gasteiger partial charge in [0.2, 0.25) is 0 Å². The molecular weight excluding hydrogens is 372 g/mol. The fourth-order valence-electron chi connectivity index (χ4n) is 4.73. The smallest absolute Gasteiger partial charge is 0.256 e. The SMILES string of the molecule is O=C(Nc1ccc(CN2CCCC(CO)C2)cc1)C1=Cc2cccc3cccc1c23. The molecule has 1 fully saturated rings. The molecule has 4 heteroatoms. The molecule has 2 aliphatic rings. The minimum atomic E-state index is -0.0757. The van der Waals surface area contributed by atoms with Gasteiger partial charge in [0.05, 0.1) is 0 Å². The van der Waals surface area contributed by atoms with E-state index in [2.05, 4.69) is 40.5 Å². The van der Waals surface area contributed by atoms with Crippen LogP contribution in [0.5, 0.6) is 0 Å².